The summed E-state index contributed by atoms with van der Waals surface area (Å²) in [6, 6.07) is 5.70. The average molecular weight is 266 g/mol. The topological polar surface area (TPSA) is 45.2 Å². The second kappa shape index (κ2) is 5.04. The van der Waals surface area contributed by atoms with E-state index in [4.69, 9.17) is 16.3 Å². The molecule has 0 unspecified atom stereocenters. The maximum atomic E-state index is 9.23. The van der Waals surface area contributed by atoms with Crippen molar-refractivity contribution in [1.29, 1.82) is 0 Å². The summed E-state index contributed by atoms with van der Waals surface area (Å²) in [4.78, 5) is 3.23. The maximum absolute atomic E-state index is 9.23. The number of aromatic nitrogens is 1. The minimum atomic E-state index is 0.0181. The van der Waals surface area contributed by atoms with Crippen LogP contribution >= 0.6 is 11.6 Å². The minimum Gasteiger partial charge on any atom is -0.496 e. The number of aromatic amines is 1. The summed E-state index contributed by atoms with van der Waals surface area (Å²) in [5, 5.41) is 9.92. The van der Waals surface area contributed by atoms with Gasteiger partial charge in [-0.1, -0.05) is 11.6 Å². The highest BCUT2D eigenvalue weighted by atomic mass is 35.5. The Morgan fingerprint density at radius 1 is 1.28 bits per heavy atom. The zero-order chi connectivity index (χ0) is 13.3. The van der Waals surface area contributed by atoms with Gasteiger partial charge in [-0.05, 0) is 43.2 Å². The number of nitrogens with one attached hydrogen (secondary N) is 1. The third-order valence-electron chi connectivity index (χ3n) is 3.06. The smallest absolute Gasteiger partial charge is 0.128 e. The number of benzene rings is 1. The van der Waals surface area contributed by atoms with Crippen molar-refractivity contribution in [3.63, 3.8) is 0 Å². The fourth-order valence-electron chi connectivity index (χ4n) is 1.94. The summed E-state index contributed by atoms with van der Waals surface area (Å²) < 4.78 is 5.38. The van der Waals surface area contributed by atoms with Crippen LogP contribution in [0.5, 0.6) is 5.75 Å². The number of aryl methyl sites for hydroxylation is 2. The van der Waals surface area contributed by atoms with Gasteiger partial charge in [0, 0.05) is 22.0 Å². The van der Waals surface area contributed by atoms with Gasteiger partial charge in [0.2, 0.25) is 0 Å². The van der Waals surface area contributed by atoms with E-state index in [0.29, 0.717) is 5.02 Å². The Labute approximate surface area is 111 Å². The highest BCUT2D eigenvalue weighted by Gasteiger charge is 2.12. The number of aliphatic hydroxyl groups excluding tert-OH is 1. The Bertz CT molecular complexity index is 575. The van der Waals surface area contributed by atoms with Gasteiger partial charge in [0.15, 0.2) is 0 Å². The van der Waals surface area contributed by atoms with Gasteiger partial charge in [-0.15, -0.1) is 0 Å². The van der Waals surface area contributed by atoms with Crippen LogP contribution in [-0.4, -0.2) is 17.2 Å². The molecule has 3 nitrogen and oxygen atoms in total. The molecule has 0 radical (unpaired) electrons. The average Bonchev–Trinajstić information content (AvgIpc) is 2.73. The number of halogens is 1. The van der Waals surface area contributed by atoms with E-state index in [2.05, 4.69) is 4.98 Å². The molecule has 2 aromatic rings. The molecular weight excluding hydrogens is 250 g/mol. The molecule has 1 aromatic heterocycles. The standard InChI is InChI=1S/C14H16ClNO2/c1-8-4-14(18-3)11(6-12(8)15)13-5-10(7-17)9(2)16-13/h4-6,16-17H,7H2,1-3H3. The summed E-state index contributed by atoms with van der Waals surface area (Å²) >= 11 is 6.15. The SMILES string of the molecule is COc1cc(C)c(Cl)cc1-c1cc(CO)c(C)[nH]1. The van der Waals surface area contributed by atoms with Crippen molar-refractivity contribution < 1.29 is 9.84 Å². The van der Waals surface area contributed by atoms with Crippen LogP contribution in [0.3, 0.4) is 0 Å². The second-order valence-corrected chi connectivity index (χ2v) is 4.70. The molecule has 0 saturated heterocycles. The normalized spacial score (nSPS) is 10.7. The van der Waals surface area contributed by atoms with Crippen LogP contribution in [-0.2, 0) is 6.61 Å². The molecule has 4 heteroatoms. The zero-order valence-electron chi connectivity index (χ0n) is 10.7. The lowest BCUT2D eigenvalue weighted by molar-refractivity contribution is 0.281. The van der Waals surface area contributed by atoms with E-state index in [1.165, 1.54) is 0 Å². The van der Waals surface area contributed by atoms with Crippen LogP contribution in [0.4, 0.5) is 0 Å². The predicted octanol–water partition coefficient (Wildman–Crippen LogP) is 3.45. The molecule has 0 aliphatic rings. The Balaban J connectivity index is 2.58. The number of aliphatic hydroxyl groups is 1. The molecule has 18 heavy (non-hydrogen) atoms. The summed E-state index contributed by atoms with van der Waals surface area (Å²) in [5.74, 6) is 0.766. The van der Waals surface area contributed by atoms with Gasteiger partial charge < -0.3 is 14.8 Å². The van der Waals surface area contributed by atoms with Crippen LogP contribution in [0.2, 0.25) is 5.02 Å². The molecule has 1 heterocycles. The number of rotatable bonds is 3. The van der Waals surface area contributed by atoms with Gasteiger partial charge in [-0.25, -0.2) is 0 Å². The van der Waals surface area contributed by atoms with Crippen molar-refractivity contribution in [2.45, 2.75) is 20.5 Å². The first-order chi connectivity index (χ1) is 8.56. The van der Waals surface area contributed by atoms with E-state index in [0.717, 1.165) is 33.8 Å². The molecule has 96 valence electrons. The first-order valence-electron chi connectivity index (χ1n) is 5.70. The largest absolute Gasteiger partial charge is 0.496 e. The van der Waals surface area contributed by atoms with Gasteiger partial charge in [0.05, 0.1) is 13.7 Å². The Morgan fingerprint density at radius 3 is 2.56 bits per heavy atom. The Kier molecular flexibility index (Phi) is 3.64. The summed E-state index contributed by atoms with van der Waals surface area (Å²) in [6.45, 7) is 3.88. The molecular formula is C14H16ClNO2. The van der Waals surface area contributed by atoms with Crippen molar-refractivity contribution in [3.05, 3.63) is 40.0 Å². The molecule has 2 rings (SSSR count). The lowest BCUT2D eigenvalue weighted by Gasteiger charge is -2.09. The van der Waals surface area contributed by atoms with Crippen LogP contribution in [0.15, 0.2) is 18.2 Å². The monoisotopic (exact) mass is 265 g/mol. The number of H-pyrrole nitrogens is 1. The molecule has 0 aliphatic heterocycles. The van der Waals surface area contributed by atoms with E-state index < -0.39 is 0 Å². The number of methoxy groups -OCH3 is 1. The van der Waals surface area contributed by atoms with Crippen LogP contribution in [0, 0.1) is 13.8 Å². The van der Waals surface area contributed by atoms with E-state index in [-0.39, 0.29) is 6.61 Å². The summed E-state index contributed by atoms with van der Waals surface area (Å²) in [5.41, 5.74) is 4.60. The van der Waals surface area contributed by atoms with Crippen LogP contribution in [0.25, 0.3) is 11.3 Å². The number of ether oxygens (including phenoxy) is 1. The van der Waals surface area contributed by atoms with Gasteiger partial charge in [0.25, 0.3) is 0 Å². The Hall–Kier alpha value is -1.45. The van der Waals surface area contributed by atoms with Crippen molar-refractivity contribution in [2.24, 2.45) is 0 Å². The first kappa shape index (κ1) is 13.0. The fourth-order valence-corrected chi connectivity index (χ4v) is 2.11. The third-order valence-corrected chi connectivity index (χ3v) is 3.47. The molecule has 0 spiro atoms. The fraction of sp³-hybridized carbons (Fsp3) is 0.286. The van der Waals surface area contributed by atoms with E-state index in [9.17, 15) is 5.11 Å². The summed E-state index contributed by atoms with van der Waals surface area (Å²) in [7, 11) is 1.63. The predicted molar refractivity (Wildman–Crippen MR) is 73.2 cm³/mol. The molecule has 2 N–H and O–H groups in total. The molecule has 0 fully saturated rings. The molecule has 0 aliphatic carbocycles. The second-order valence-electron chi connectivity index (χ2n) is 4.29. The van der Waals surface area contributed by atoms with Gasteiger partial charge in [-0.3, -0.25) is 0 Å². The maximum Gasteiger partial charge on any atom is 0.128 e. The van der Waals surface area contributed by atoms with Gasteiger partial charge >= 0.3 is 0 Å². The van der Waals surface area contributed by atoms with E-state index in [1.807, 2.05) is 32.0 Å². The number of hydrogen-bond acceptors (Lipinski definition) is 2. The zero-order valence-corrected chi connectivity index (χ0v) is 11.4. The number of hydrogen-bond donors (Lipinski definition) is 2. The molecule has 0 amide bonds. The third kappa shape index (κ3) is 2.24. The van der Waals surface area contributed by atoms with Gasteiger partial charge in [-0.2, -0.15) is 0 Å². The quantitative estimate of drug-likeness (QED) is 0.893. The van der Waals surface area contributed by atoms with Crippen molar-refractivity contribution in [3.8, 4) is 17.0 Å². The molecule has 0 saturated carbocycles. The Morgan fingerprint density at radius 2 is 2.00 bits per heavy atom. The lowest BCUT2D eigenvalue weighted by Crippen LogP contribution is -1.90. The molecule has 1 aromatic carbocycles. The van der Waals surface area contributed by atoms with E-state index >= 15 is 0 Å². The highest BCUT2D eigenvalue weighted by Crippen LogP contribution is 2.34. The van der Waals surface area contributed by atoms with Crippen molar-refractivity contribution in [2.75, 3.05) is 7.11 Å². The van der Waals surface area contributed by atoms with Crippen molar-refractivity contribution in [1.82, 2.24) is 4.98 Å². The summed E-state index contributed by atoms with van der Waals surface area (Å²) in [6.07, 6.45) is 0. The van der Waals surface area contributed by atoms with Crippen molar-refractivity contribution >= 4 is 11.6 Å². The van der Waals surface area contributed by atoms with E-state index in [1.54, 1.807) is 7.11 Å². The minimum absolute atomic E-state index is 0.0181. The molecule has 0 atom stereocenters. The van der Waals surface area contributed by atoms with Gasteiger partial charge in [0.1, 0.15) is 5.75 Å². The molecule has 0 bridgehead atoms. The first-order valence-corrected chi connectivity index (χ1v) is 6.08. The lowest BCUT2D eigenvalue weighted by atomic mass is 10.1. The van der Waals surface area contributed by atoms with Crippen LogP contribution < -0.4 is 4.74 Å². The highest BCUT2D eigenvalue weighted by molar-refractivity contribution is 6.31. The van der Waals surface area contributed by atoms with Crippen LogP contribution in [0.1, 0.15) is 16.8 Å².